The molecule has 1 fully saturated rings. The summed E-state index contributed by atoms with van der Waals surface area (Å²) in [5.41, 5.74) is 3.64. The second-order valence-corrected chi connectivity index (χ2v) is 4.40. The van der Waals surface area contributed by atoms with Gasteiger partial charge in [0.15, 0.2) is 0 Å². The quantitative estimate of drug-likeness (QED) is 0.632. The predicted molar refractivity (Wildman–Crippen MR) is 53.8 cm³/mol. The van der Waals surface area contributed by atoms with Crippen LogP contribution in [0.3, 0.4) is 0 Å². The van der Waals surface area contributed by atoms with Gasteiger partial charge in [0.1, 0.15) is 0 Å². The Hall–Kier alpha value is -0.820. The summed E-state index contributed by atoms with van der Waals surface area (Å²) in [6.45, 7) is 1.22. The van der Waals surface area contributed by atoms with Gasteiger partial charge >= 0.3 is 0 Å². The lowest BCUT2D eigenvalue weighted by molar-refractivity contribution is 0.181. The molecule has 1 nitrogen and oxygen atoms in total. The third kappa shape index (κ3) is 1.11. The average Bonchev–Trinajstić information content (AvgIpc) is 2.15. The van der Waals surface area contributed by atoms with Crippen molar-refractivity contribution in [1.82, 2.24) is 5.32 Å². The van der Waals surface area contributed by atoms with Crippen molar-refractivity contribution in [3.8, 4) is 0 Å². The molecule has 1 aliphatic heterocycles. The molecule has 0 aromatic heterocycles. The molecule has 0 radical (unpaired) electrons. The van der Waals surface area contributed by atoms with Crippen LogP contribution < -0.4 is 5.32 Å². The Kier molecular flexibility index (Phi) is 1.50. The Balaban J connectivity index is 1.94. The third-order valence-electron chi connectivity index (χ3n) is 3.62. The minimum absolute atomic E-state index is 0.494. The van der Waals surface area contributed by atoms with Gasteiger partial charge in [-0.3, -0.25) is 0 Å². The normalized spacial score (nSPS) is 31.1. The minimum atomic E-state index is 0.494. The Morgan fingerprint density at radius 2 is 1.85 bits per heavy atom. The lowest BCUT2D eigenvalue weighted by Crippen LogP contribution is -2.59. The van der Waals surface area contributed by atoms with E-state index in [9.17, 15) is 0 Å². The van der Waals surface area contributed by atoms with Gasteiger partial charge in [0.2, 0.25) is 0 Å². The van der Waals surface area contributed by atoms with Crippen LogP contribution >= 0.6 is 0 Å². The van der Waals surface area contributed by atoms with Crippen molar-refractivity contribution in [3.05, 3.63) is 35.4 Å². The third-order valence-corrected chi connectivity index (χ3v) is 3.62. The molecule has 1 heterocycles. The van der Waals surface area contributed by atoms with Crippen LogP contribution in [0.2, 0.25) is 0 Å². The average molecular weight is 173 g/mol. The summed E-state index contributed by atoms with van der Waals surface area (Å²) in [7, 11) is 0. The molecule has 3 rings (SSSR count). The van der Waals surface area contributed by atoms with Gasteiger partial charge in [-0.05, 0) is 43.4 Å². The van der Waals surface area contributed by atoms with Gasteiger partial charge in [-0.1, -0.05) is 24.3 Å². The minimum Gasteiger partial charge on any atom is -0.311 e. The van der Waals surface area contributed by atoms with Crippen molar-refractivity contribution in [2.24, 2.45) is 0 Å². The first kappa shape index (κ1) is 7.57. The molecule has 68 valence electrons. The summed E-state index contributed by atoms with van der Waals surface area (Å²) in [6.07, 6.45) is 5.23. The summed E-state index contributed by atoms with van der Waals surface area (Å²) in [4.78, 5) is 0. The SMILES string of the molecule is c1ccc2c(c1)CCC1(CCN1)C2. The fourth-order valence-corrected chi connectivity index (χ4v) is 2.64. The maximum Gasteiger partial charge on any atom is 0.0237 e. The second kappa shape index (κ2) is 2.58. The van der Waals surface area contributed by atoms with E-state index >= 15 is 0 Å². The first-order valence-electron chi connectivity index (χ1n) is 5.20. The number of benzene rings is 1. The molecule has 13 heavy (non-hydrogen) atoms. The van der Waals surface area contributed by atoms with E-state index < -0.39 is 0 Å². The van der Waals surface area contributed by atoms with E-state index in [4.69, 9.17) is 0 Å². The Morgan fingerprint density at radius 1 is 1.08 bits per heavy atom. The summed E-state index contributed by atoms with van der Waals surface area (Å²) >= 11 is 0. The van der Waals surface area contributed by atoms with Crippen LogP contribution in [-0.4, -0.2) is 12.1 Å². The van der Waals surface area contributed by atoms with E-state index in [1.807, 2.05) is 0 Å². The van der Waals surface area contributed by atoms with Gasteiger partial charge in [-0.15, -0.1) is 0 Å². The topological polar surface area (TPSA) is 12.0 Å². The van der Waals surface area contributed by atoms with E-state index in [2.05, 4.69) is 29.6 Å². The molecule has 1 atom stereocenters. The molecule has 1 N–H and O–H groups in total. The van der Waals surface area contributed by atoms with Crippen molar-refractivity contribution >= 4 is 0 Å². The monoisotopic (exact) mass is 173 g/mol. The molecular weight excluding hydrogens is 158 g/mol. The van der Waals surface area contributed by atoms with E-state index in [-0.39, 0.29) is 0 Å². The molecule has 0 saturated carbocycles. The molecule has 0 amide bonds. The van der Waals surface area contributed by atoms with Crippen LogP contribution in [0, 0.1) is 0 Å². The van der Waals surface area contributed by atoms with Gasteiger partial charge in [-0.2, -0.15) is 0 Å². The van der Waals surface area contributed by atoms with E-state index in [0.717, 1.165) is 0 Å². The van der Waals surface area contributed by atoms with Crippen LogP contribution in [0.25, 0.3) is 0 Å². The number of hydrogen-bond donors (Lipinski definition) is 1. The first-order chi connectivity index (χ1) is 6.38. The van der Waals surface area contributed by atoms with E-state index in [1.54, 1.807) is 11.1 Å². The number of rotatable bonds is 0. The largest absolute Gasteiger partial charge is 0.311 e. The van der Waals surface area contributed by atoms with Crippen molar-refractivity contribution in [3.63, 3.8) is 0 Å². The van der Waals surface area contributed by atoms with Gasteiger partial charge < -0.3 is 5.32 Å². The molecule has 1 unspecified atom stereocenters. The standard InChI is InChI=1S/C12H15N/c1-2-4-11-9-12(7-8-13-12)6-5-10(11)3-1/h1-4,13H,5-9H2. The molecule has 1 aromatic carbocycles. The highest BCUT2D eigenvalue weighted by Gasteiger charge is 2.38. The zero-order valence-electron chi connectivity index (χ0n) is 7.84. The number of aryl methyl sites for hydroxylation is 1. The Bertz CT molecular complexity index is 326. The van der Waals surface area contributed by atoms with Gasteiger partial charge in [0, 0.05) is 5.54 Å². The molecule has 2 aliphatic rings. The molecule has 1 aromatic rings. The van der Waals surface area contributed by atoms with Crippen LogP contribution in [0.15, 0.2) is 24.3 Å². The van der Waals surface area contributed by atoms with Gasteiger partial charge in [0.25, 0.3) is 0 Å². The maximum atomic E-state index is 3.60. The number of hydrogen-bond acceptors (Lipinski definition) is 1. The number of fused-ring (bicyclic) bond motifs is 1. The molecule has 1 heteroatoms. The highest BCUT2D eigenvalue weighted by atomic mass is 15.0. The zero-order valence-corrected chi connectivity index (χ0v) is 7.84. The highest BCUT2D eigenvalue weighted by molar-refractivity contribution is 5.33. The Morgan fingerprint density at radius 3 is 2.54 bits per heavy atom. The summed E-state index contributed by atoms with van der Waals surface area (Å²) in [5, 5.41) is 3.60. The molecule has 1 spiro atoms. The van der Waals surface area contributed by atoms with Crippen LogP contribution in [-0.2, 0) is 12.8 Å². The summed E-state index contributed by atoms with van der Waals surface area (Å²) in [6, 6.07) is 8.89. The van der Waals surface area contributed by atoms with E-state index in [0.29, 0.717) is 5.54 Å². The van der Waals surface area contributed by atoms with E-state index in [1.165, 1.54) is 32.2 Å². The molecule has 1 saturated heterocycles. The van der Waals surface area contributed by atoms with Crippen LogP contribution in [0.5, 0.6) is 0 Å². The maximum absolute atomic E-state index is 3.60. The fourth-order valence-electron chi connectivity index (χ4n) is 2.64. The van der Waals surface area contributed by atoms with Crippen molar-refractivity contribution in [1.29, 1.82) is 0 Å². The van der Waals surface area contributed by atoms with Gasteiger partial charge in [-0.25, -0.2) is 0 Å². The Labute approximate surface area is 79.2 Å². The summed E-state index contributed by atoms with van der Waals surface area (Å²) in [5.74, 6) is 0. The lowest BCUT2D eigenvalue weighted by Gasteiger charge is -2.46. The molecule has 0 bridgehead atoms. The van der Waals surface area contributed by atoms with Crippen LogP contribution in [0.1, 0.15) is 24.0 Å². The molecule has 1 aliphatic carbocycles. The smallest absolute Gasteiger partial charge is 0.0237 e. The van der Waals surface area contributed by atoms with Crippen molar-refractivity contribution in [2.45, 2.75) is 31.2 Å². The number of nitrogens with one attached hydrogen (secondary N) is 1. The van der Waals surface area contributed by atoms with Gasteiger partial charge in [0.05, 0.1) is 0 Å². The van der Waals surface area contributed by atoms with Crippen molar-refractivity contribution < 1.29 is 0 Å². The first-order valence-corrected chi connectivity index (χ1v) is 5.20. The lowest BCUT2D eigenvalue weighted by atomic mass is 9.72. The predicted octanol–water partition coefficient (Wildman–Crippen LogP) is 1.91. The fraction of sp³-hybridized carbons (Fsp3) is 0.500. The van der Waals surface area contributed by atoms with Crippen LogP contribution in [0.4, 0.5) is 0 Å². The zero-order chi connectivity index (χ0) is 8.73. The highest BCUT2D eigenvalue weighted by Crippen LogP contribution is 2.34. The molecular formula is C12H15N. The summed E-state index contributed by atoms with van der Waals surface area (Å²) < 4.78 is 0. The van der Waals surface area contributed by atoms with Crippen molar-refractivity contribution in [2.75, 3.05) is 6.54 Å². The second-order valence-electron chi connectivity index (χ2n) is 4.40.